The number of aryl methyl sites for hydroxylation is 1. The Labute approximate surface area is 117 Å². The highest BCUT2D eigenvalue weighted by atomic mass is 19.2. The second kappa shape index (κ2) is 6.12. The topological polar surface area (TPSA) is 81.4 Å². The lowest BCUT2D eigenvalue weighted by atomic mass is 10.3. The number of amides is 1. The summed E-state index contributed by atoms with van der Waals surface area (Å²) in [5, 5.41) is 5.75. The smallest absolute Gasteiger partial charge is 0.377 e. The van der Waals surface area contributed by atoms with Gasteiger partial charge in [-0.2, -0.15) is 0 Å². The number of aromatic nitrogens is 1. The van der Waals surface area contributed by atoms with Gasteiger partial charge in [0.2, 0.25) is 5.76 Å². The van der Waals surface area contributed by atoms with Crippen molar-refractivity contribution >= 4 is 17.6 Å². The first-order chi connectivity index (χ1) is 9.95. The van der Waals surface area contributed by atoms with E-state index in [4.69, 9.17) is 0 Å². The molecule has 0 saturated heterocycles. The minimum Gasteiger partial charge on any atom is -0.450 e. The molecule has 1 aromatic carbocycles. The fraction of sp³-hybridized carbons (Fsp3) is 0.154. The number of nitrogens with zero attached hydrogens (tertiary/aromatic N) is 1. The first-order valence-corrected chi connectivity index (χ1v) is 5.81. The van der Waals surface area contributed by atoms with Crippen LogP contribution in [0, 0.1) is 18.6 Å². The third-order valence-electron chi connectivity index (χ3n) is 2.37. The molecule has 0 aliphatic carbocycles. The van der Waals surface area contributed by atoms with E-state index < -0.39 is 30.1 Å². The van der Waals surface area contributed by atoms with Crippen LogP contribution < -0.4 is 5.32 Å². The van der Waals surface area contributed by atoms with Crippen LogP contribution in [0.2, 0.25) is 0 Å². The zero-order chi connectivity index (χ0) is 15.4. The van der Waals surface area contributed by atoms with Crippen LogP contribution in [0.5, 0.6) is 0 Å². The third-order valence-corrected chi connectivity index (χ3v) is 2.37. The molecule has 0 fully saturated rings. The van der Waals surface area contributed by atoms with Gasteiger partial charge in [0.05, 0.1) is 5.69 Å². The van der Waals surface area contributed by atoms with Crippen LogP contribution in [0.25, 0.3) is 0 Å². The molecule has 0 saturated carbocycles. The van der Waals surface area contributed by atoms with Crippen molar-refractivity contribution < 1.29 is 27.6 Å². The minimum atomic E-state index is -1.10. The fourth-order valence-corrected chi connectivity index (χ4v) is 1.43. The average Bonchev–Trinajstić information content (AvgIpc) is 2.87. The summed E-state index contributed by atoms with van der Waals surface area (Å²) in [6.45, 7) is 1.02. The summed E-state index contributed by atoms with van der Waals surface area (Å²) in [5.74, 6) is -3.81. The maximum atomic E-state index is 12.9. The monoisotopic (exact) mass is 296 g/mol. The number of hydrogen-bond donors (Lipinski definition) is 1. The van der Waals surface area contributed by atoms with Gasteiger partial charge in [-0.3, -0.25) is 4.79 Å². The SMILES string of the molecule is Cc1cc(C(=O)OCC(=O)Nc2ccc(F)c(F)c2)on1. The second-order valence-corrected chi connectivity index (χ2v) is 4.09. The Morgan fingerprint density at radius 2 is 2.05 bits per heavy atom. The van der Waals surface area contributed by atoms with Gasteiger partial charge in [-0.1, -0.05) is 5.16 Å². The number of nitrogens with one attached hydrogen (secondary N) is 1. The Kier molecular flexibility index (Phi) is 4.27. The number of halogens is 2. The van der Waals surface area contributed by atoms with Crippen molar-refractivity contribution in [1.82, 2.24) is 5.16 Å². The van der Waals surface area contributed by atoms with Crippen LogP contribution in [0.1, 0.15) is 16.2 Å². The molecule has 0 radical (unpaired) electrons. The van der Waals surface area contributed by atoms with Gasteiger partial charge in [0, 0.05) is 17.8 Å². The van der Waals surface area contributed by atoms with Gasteiger partial charge in [-0.25, -0.2) is 13.6 Å². The molecular weight excluding hydrogens is 286 g/mol. The summed E-state index contributed by atoms with van der Waals surface area (Å²) < 4.78 is 35.0. The molecule has 0 atom stereocenters. The van der Waals surface area contributed by atoms with Crippen molar-refractivity contribution in [3.05, 3.63) is 47.4 Å². The highest BCUT2D eigenvalue weighted by Gasteiger charge is 2.15. The van der Waals surface area contributed by atoms with Gasteiger partial charge < -0.3 is 14.6 Å². The van der Waals surface area contributed by atoms with Crippen molar-refractivity contribution in [2.75, 3.05) is 11.9 Å². The second-order valence-electron chi connectivity index (χ2n) is 4.09. The Hall–Kier alpha value is -2.77. The van der Waals surface area contributed by atoms with Crippen LogP contribution in [0.4, 0.5) is 14.5 Å². The maximum absolute atomic E-state index is 12.9. The quantitative estimate of drug-likeness (QED) is 0.873. The van der Waals surface area contributed by atoms with E-state index in [1.165, 1.54) is 12.1 Å². The molecule has 110 valence electrons. The number of hydrogen-bond acceptors (Lipinski definition) is 5. The lowest BCUT2D eigenvalue weighted by Crippen LogP contribution is -2.20. The molecule has 6 nitrogen and oxygen atoms in total. The number of carbonyl (C=O) groups is 2. The van der Waals surface area contributed by atoms with Crippen LogP contribution >= 0.6 is 0 Å². The summed E-state index contributed by atoms with van der Waals surface area (Å²) in [4.78, 5) is 23.0. The molecule has 1 N–H and O–H groups in total. The van der Waals surface area contributed by atoms with Crippen LogP contribution in [-0.2, 0) is 9.53 Å². The van der Waals surface area contributed by atoms with Crippen LogP contribution in [0.3, 0.4) is 0 Å². The van der Waals surface area contributed by atoms with E-state index in [9.17, 15) is 18.4 Å². The number of carbonyl (C=O) groups excluding carboxylic acids is 2. The summed E-state index contributed by atoms with van der Waals surface area (Å²) in [6, 6.07) is 4.22. The van der Waals surface area contributed by atoms with E-state index in [0.29, 0.717) is 5.69 Å². The first-order valence-electron chi connectivity index (χ1n) is 5.81. The van der Waals surface area contributed by atoms with Crippen molar-refractivity contribution in [2.45, 2.75) is 6.92 Å². The van der Waals surface area contributed by atoms with E-state index in [0.717, 1.165) is 12.1 Å². The van der Waals surface area contributed by atoms with Gasteiger partial charge >= 0.3 is 5.97 Å². The zero-order valence-electron chi connectivity index (χ0n) is 10.9. The van der Waals surface area contributed by atoms with E-state index in [1.807, 2.05) is 0 Å². The predicted molar refractivity (Wildman–Crippen MR) is 66.5 cm³/mol. The van der Waals surface area contributed by atoms with Crippen LogP contribution in [-0.4, -0.2) is 23.6 Å². The van der Waals surface area contributed by atoms with E-state index >= 15 is 0 Å². The van der Waals surface area contributed by atoms with E-state index in [2.05, 4.69) is 19.7 Å². The molecule has 1 heterocycles. The van der Waals surface area contributed by atoms with Crippen molar-refractivity contribution in [2.24, 2.45) is 0 Å². The van der Waals surface area contributed by atoms with Gasteiger partial charge in [0.15, 0.2) is 18.2 Å². The number of esters is 1. The van der Waals surface area contributed by atoms with Crippen molar-refractivity contribution in [1.29, 1.82) is 0 Å². The van der Waals surface area contributed by atoms with Crippen LogP contribution in [0.15, 0.2) is 28.8 Å². The largest absolute Gasteiger partial charge is 0.450 e. The normalized spacial score (nSPS) is 10.2. The highest BCUT2D eigenvalue weighted by Crippen LogP contribution is 2.13. The summed E-state index contributed by atoms with van der Waals surface area (Å²) in [6.07, 6.45) is 0. The molecule has 0 bridgehead atoms. The summed E-state index contributed by atoms with van der Waals surface area (Å²) >= 11 is 0. The standard InChI is InChI=1S/C13H10F2N2O4/c1-7-4-11(21-17-7)13(19)20-6-12(18)16-8-2-3-9(14)10(15)5-8/h2-5H,6H2,1H3,(H,16,18). The lowest BCUT2D eigenvalue weighted by Gasteiger charge is -2.05. The molecule has 0 aliphatic heterocycles. The highest BCUT2D eigenvalue weighted by molar-refractivity contribution is 5.94. The predicted octanol–water partition coefficient (Wildman–Crippen LogP) is 2.06. The summed E-state index contributed by atoms with van der Waals surface area (Å²) in [5.41, 5.74) is 0.540. The Bertz CT molecular complexity index is 685. The van der Waals surface area contributed by atoms with Gasteiger partial charge in [0.25, 0.3) is 5.91 Å². The van der Waals surface area contributed by atoms with Crippen molar-refractivity contribution in [3.8, 4) is 0 Å². The number of benzene rings is 1. The molecule has 1 amide bonds. The number of ether oxygens (including phenoxy) is 1. The van der Waals surface area contributed by atoms with Crippen molar-refractivity contribution in [3.63, 3.8) is 0 Å². The number of rotatable bonds is 4. The van der Waals surface area contributed by atoms with Gasteiger partial charge in [0.1, 0.15) is 0 Å². The Morgan fingerprint density at radius 3 is 2.67 bits per heavy atom. The molecule has 2 rings (SSSR count). The minimum absolute atomic E-state index is 0.0467. The molecular formula is C13H10F2N2O4. The van der Waals surface area contributed by atoms with E-state index in [-0.39, 0.29) is 11.4 Å². The number of anilines is 1. The molecule has 0 unspecified atom stereocenters. The zero-order valence-corrected chi connectivity index (χ0v) is 10.9. The maximum Gasteiger partial charge on any atom is 0.377 e. The van der Waals surface area contributed by atoms with E-state index in [1.54, 1.807) is 6.92 Å². The molecule has 0 spiro atoms. The Morgan fingerprint density at radius 1 is 1.29 bits per heavy atom. The molecule has 0 aliphatic rings. The molecule has 21 heavy (non-hydrogen) atoms. The molecule has 1 aromatic heterocycles. The fourth-order valence-electron chi connectivity index (χ4n) is 1.43. The summed E-state index contributed by atoms with van der Waals surface area (Å²) in [7, 11) is 0. The molecule has 2 aromatic rings. The Balaban J connectivity index is 1.87. The van der Waals surface area contributed by atoms with Gasteiger partial charge in [-0.05, 0) is 19.1 Å². The first kappa shape index (κ1) is 14.6. The average molecular weight is 296 g/mol. The third kappa shape index (κ3) is 3.85. The van der Waals surface area contributed by atoms with Gasteiger partial charge in [-0.15, -0.1) is 0 Å². The molecule has 8 heteroatoms. The lowest BCUT2D eigenvalue weighted by molar-refractivity contribution is -0.119.